The fourth-order valence-corrected chi connectivity index (χ4v) is 1.36. The molecule has 0 unspecified atom stereocenters. The third-order valence-electron chi connectivity index (χ3n) is 1.60. The molecule has 0 bridgehead atoms. The number of hydrogen-bond acceptors (Lipinski definition) is 2. The highest BCUT2D eigenvalue weighted by Gasteiger charge is 2.19. The van der Waals surface area contributed by atoms with Gasteiger partial charge in [-0.1, -0.05) is 0 Å². The highest BCUT2D eigenvalue weighted by atomic mass is 32.1. The van der Waals surface area contributed by atoms with Crippen molar-refractivity contribution in [1.82, 2.24) is 4.90 Å². The minimum Gasteiger partial charge on any atom is -0.345 e. The summed E-state index contributed by atoms with van der Waals surface area (Å²) in [6, 6.07) is 0. The molecule has 0 N–H and O–H groups in total. The van der Waals surface area contributed by atoms with Gasteiger partial charge in [-0.3, -0.25) is 4.79 Å². The predicted octanol–water partition coefficient (Wildman–Crippen LogP) is 0.537. The Morgan fingerprint density at radius 3 is 2.89 bits per heavy atom. The maximum Gasteiger partial charge on any atom is 0.222 e. The fourth-order valence-electron chi connectivity index (χ4n) is 0.990. The molecule has 9 heavy (non-hydrogen) atoms. The molecule has 1 rings (SSSR count). The average Bonchev–Trinajstić information content (AvgIpc) is 1.80. The standard InChI is InChI=1S/C6H11NOS/c1-7-4-5(9)2-3-6(7)8/h5,9H,2-4H2,1H3/t5-/m1/s1. The normalized spacial score (nSPS) is 28.9. The summed E-state index contributed by atoms with van der Waals surface area (Å²) in [5, 5.41) is 0.396. The van der Waals surface area contributed by atoms with Gasteiger partial charge in [0.05, 0.1) is 0 Å². The van der Waals surface area contributed by atoms with E-state index in [1.807, 2.05) is 7.05 Å². The molecule has 1 saturated heterocycles. The summed E-state index contributed by atoms with van der Waals surface area (Å²) in [5.41, 5.74) is 0. The van der Waals surface area contributed by atoms with Crippen molar-refractivity contribution in [2.45, 2.75) is 18.1 Å². The molecule has 52 valence electrons. The summed E-state index contributed by atoms with van der Waals surface area (Å²) in [6.45, 7) is 0.807. The molecular formula is C6H11NOS. The first-order valence-corrected chi connectivity index (χ1v) is 3.64. The van der Waals surface area contributed by atoms with Crippen LogP contribution < -0.4 is 0 Å². The lowest BCUT2D eigenvalue weighted by Gasteiger charge is -2.26. The lowest BCUT2D eigenvalue weighted by atomic mass is 10.1. The fraction of sp³-hybridized carbons (Fsp3) is 0.833. The highest BCUT2D eigenvalue weighted by Crippen LogP contribution is 2.13. The summed E-state index contributed by atoms with van der Waals surface area (Å²) in [6.07, 6.45) is 1.61. The van der Waals surface area contributed by atoms with Crippen molar-refractivity contribution in [3.63, 3.8) is 0 Å². The van der Waals surface area contributed by atoms with Crippen LogP contribution in [0.5, 0.6) is 0 Å². The lowest BCUT2D eigenvalue weighted by Crippen LogP contribution is -2.37. The van der Waals surface area contributed by atoms with Crippen molar-refractivity contribution in [3.8, 4) is 0 Å². The minimum absolute atomic E-state index is 0.250. The van der Waals surface area contributed by atoms with Crippen molar-refractivity contribution in [2.75, 3.05) is 13.6 Å². The molecule has 0 aliphatic carbocycles. The molecule has 1 aliphatic heterocycles. The zero-order valence-corrected chi connectivity index (χ0v) is 6.40. The van der Waals surface area contributed by atoms with Gasteiger partial charge in [0.1, 0.15) is 0 Å². The van der Waals surface area contributed by atoms with E-state index in [2.05, 4.69) is 12.6 Å². The van der Waals surface area contributed by atoms with Gasteiger partial charge in [-0.15, -0.1) is 0 Å². The molecule has 1 heterocycles. The Morgan fingerprint density at radius 1 is 1.78 bits per heavy atom. The Balaban J connectivity index is 2.44. The van der Waals surface area contributed by atoms with Gasteiger partial charge in [0.15, 0.2) is 0 Å². The zero-order chi connectivity index (χ0) is 6.85. The molecule has 1 fully saturated rings. The van der Waals surface area contributed by atoms with Gasteiger partial charge in [-0.05, 0) is 6.42 Å². The summed E-state index contributed by atoms with van der Waals surface area (Å²) in [4.78, 5) is 12.6. The third-order valence-corrected chi connectivity index (χ3v) is 2.02. The van der Waals surface area contributed by atoms with Gasteiger partial charge >= 0.3 is 0 Å². The molecule has 1 atom stereocenters. The molecule has 0 aromatic heterocycles. The maximum absolute atomic E-state index is 10.8. The number of carbonyl (C=O) groups excluding carboxylic acids is 1. The van der Waals surface area contributed by atoms with Gasteiger partial charge in [0.25, 0.3) is 0 Å². The first-order chi connectivity index (χ1) is 4.20. The van der Waals surface area contributed by atoms with E-state index in [4.69, 9.17) is 0 Å². The monoisotopic (exact) mass is 145 g/mol. The Labute approximate surface area is 60.6 Å². The molecule has 2 nitrogen and oxygen atoms in total. The molecular weight excluding hydrogens is 134 g/mol. The van der Waals surface area contributed by atoms with Crippen molar-refractivity contribution in [2.24, 2.45) is 0 Å². The number of amides is 1. The number of hydrogen-bond donors (Lipinski definition) is 1. The number of nitrogens with zero attached hydrogens (tertiary/aromatic N) is 1. The van der Waals surface area contributed by atoms with Crippen LogP contribution in [0.3, 0.4) is 0 Å². The van der Waals surface area contributed by atoms with E-state index in [1.54, 1.807) is 4.90 Å². The largest absolute Gasteiger partial charge is 0.345 e. The van der Waals surface area contributed by atoms with Crippen molar-refractivity contribution >= 4 is 18.5 Å². The number of piperidine rings is 1. The van der Waals surface area contributed by atoms with Gasteiger partial charge < -0.3 is 4.90 Å². The first-order valence-electron chi connectivity index (χ1n) is 3.12. The van der Waals surface area contributed by atoms with Gasteiger partial charge in [-0.2, -0.15) is 12.6 Å². The van der Waals surface area contributed by atoms with E-state index in [1.165, 1.54) is 0 Å². The van der Waals surface area contributed by atoms with E-state index in [0.717, 1.165) is 13.0 Å². The zero-order valence-electron chi connectivity index (χ0n) is 5.50. The average molecular weight is 145 g/mol. The van der Waals surface area contributed by atoms with Crippen molar-refractivity contribution in [1.29, 1.82) is 0 Å². The van der Waals surface area contributed by atoms with E-state index in [-0.39, 0.29) is 5.91 Å². The lowest BCUT2D eigenvalue weighted by molar-refractivity contribution is -0.131. The predicted molar refractivity (Wildman–Crippen MR) is 39.6 cm³/mol. The number of likely N-dealkylation sites (tertiary alicyclic amines) is 1. The Bertz CT molecular complexity index is 126. The topological polar surface area (TPSA) is 20.3 Å². The second kappa shape index (κ2) is 2.60. The molecule has 0 aromatic carbocycles. The Morgan fingerprint density at radius 2 is 2.44 bits per heavy atom. The van der Waals surface area contributed by atoms with Crippen LogP contribution >= 0.6 is 12.6 Å². The second-order valence-electron chi connectivity index (χ2n) is 2.47. The SMILES string of the molecule is CN1C[C@H](S)CCC1=O. The molecule has 1 aliphatic rings. The van der Waals surface area contributed by atoms with E-state index in [0.29, 0.717) is 11.7 Å². The molecule has 1 amide bonds. The van der Waals surface area contributed by atoms with E-state index in [9.17, 15) is 4.79 Å². The Hall–Kier alpha value is -0.180. The smallest absolute Gasteiger partial charge is 0.222 e. The number of carbonyl (C=O) groups is 1. The second-order valence-corrected chi connectivity index (χ2v) is 3.20. The summed E-state index contributed by atoms with van der Waals surface area (Å²) in [7, 11) is 1.82. The summed E-state index contributed by atoms with van der Waals surface area (Å²) in [5.74, 6) is 0.250. The quantitative estimate of drug-likeness (QED) is 0.493. The molecule has 0 saturated carbocycles. The molecule has 0 spiro atoms. The van der Waals surface area contributed by atoms with Crippen LogP contribution in [0.1, 0.15) is 12.8 Å². The van der Waals surface area contributed by atoms with Crippen LogP contribution in [0.4, 0.5) is 0 Å². The van der Waals surface area contributed by atoms with Gasteiger partial charge in [0.2, 0.25) is 5.91 Å². The van der Waals surface area contributed by atoms with Crippen LogP contribution in [0.25, 0.3) is 0 Å². The molecule has 3 heteroatoms. The number of rotatable bonds is 0. The van der Waals surface area contributed by atoms with Crippen LogP contribution in [0.15, 0.2) is 0 Å². The van der Waals surface area contributed by atoms with Crippen molar-refractivity contribution in [3.05, 3.63) is 0 Å². The van der Waals surface area contributed by atoms with Crippen LogP contribution in [0.2, 0.25) is 0 Å². The van der Waals surface area contributed by atoms with Gasteiger partial charge in [-0.25, -0.2) is 0 Å². The summed E-state index contributed by atoms with van der Waals surface area (Å²) >= 11 is 4.27. The maximum atomic E-state index is 10.8. The van der Waals surface area contributed by atoms with Crippen LogP contribution in [-0.2, 0) is 4.79 Å². The first kappa shape index (κ1) is 6.93. The molecule has 0 aromatic rings. The highest BCUT2D eigenvalue weighted by molar-refractivity contribution is 7.81. The van der Waals surface area contributed by atoms with Crippen LogP contribution in [0, 0.1) is 0 Å². The van der Waals surface area contributed by atoms with Crippen molar-refractivity contribution < 1.29 is 4.79 Å². The molecule has 0 radical (unpaired) electrons. The van der Waals surface area contributed by atoms with Crippen LogP contribution in [-0.4, -0.2) is 29.6 Å². The van der Waals surface area contributed by atoms with Gasteiger partial charge in [0, 0.05) is 25.3 Å². The van der Waals surface area contributed by atoms with E-state index < -0.39 is 0 Å². The summed E-state index contributed by atoms with van der Waals surface area (Å²) < 4.78 is 0. The third kappa shape index (κ3) is 1.61. The minimum atomic E-state index is 0.250. The van der Waals surface area contributed by atoms with E-state index >= 15 is 0 Å². The number of thiol groups is 1. The Kier molecular flexibility index (Phi) is 2.01.